The van der Waals surface area contributed by atoms with Crippen LogP contribution in [0.4, 0.5) is 4.79 Å². The zero-order valence-electron chi connectivity index (χ0n) is 2.76. The summed E-state index contributed by atoms with van der Waals surface area (Å²) in [6, 6.07) is 0. The maximum Gasteiger partial charge on any atom is 1.00 e. The fourth-order valence-corrected chi connectivity index (χ4v) is 0. The van der Waals surface area contributed by atoms with Crippen molar-refractivity contribution >= 4 is 43.9 Å². The molecule has 0 atom stereocenters. The number of hydrogen-bond donors (Lipinski definition) is 1. The monoisotopic (exact) mass is 104 g/mol. The van der Waals surface area contributed by atoms with Gasteiger partial charge in [0.2, 0.25) is 6.16 Å². The molecule has 0 fully saturated rings. The van der Waals surface area contributed by atoms with Crippen LogP contribution in [0.2, 0.25) is 0 Å². The molecule has 28 valence electrons. The standard InChI is InChI=1S/CH2O3.Ca.2H/c2-1(3)4;;;/h(H2,2,3,4);;;. The predicted molar refractivity (Wildman–Crippen MR) is 17.7 cm³/mol. The Balaban J connectivity index is -0.0000000450. The number of rotatable bonds is 0. The van der Waals surface area contributed by atoms with Crippen molar-refractivity contribution in [2.24, 2.45) is 0 Å². The van der Waals surface area contributed by atoms with Gasteiger partial charge in [-0.05, 0) is 0 Å². The minimum absolute atomic E-state index is 0. The molecule has 0 spiro atoms. The Morgan fingerprint density at radius 2 is 2.00 bits per heavy atom. The van der Waals surface area contributed by atoms with E-state index in [4.69, 9.17) is 15.0 Å². The van der Waals surface area contributed by atoms with Gasteiger partial charge in [-0.3, -0.25) is 0 Å². The topological polar surface area (TPSA) is 60.4 Å². The first-order chi connectivity index (χ1) is 1.73. The van der Waals surface area contributed by atoms with E-state index in [1.165, 1.54) is 0 Å². The van der Waals surface area contributed by atoms with Crippen LogP contribution >= 0.6 is 0 Å². The second-order valence-electron chi connectivity index (χ2n) is 0.266. The Hall–Kier alpha value is 0.530. The minimum Gasteiger partial charge on any atom is 1.00 e. The average molecular weight is 104 g/mol. The molecular formula is CH4CaO3. The van der Waals surface area contributed by atoms with Crippen LogP contribution in [0.25, 0.3) is 0 Å². The summed E-state index contributed by atoms with van der Waals surface area (Å²) in [7, 11) is 0. The predicted octanol–water partition coefficient (Wildman–Crippen LogP) is -1.92. The third kappa shape index (κ3) is 103. The maximum absolute atomic E-state index is 8.44. The molecule has 0 saturated heterocycles. The molecule has 0 amide bonds. The Kier molecular flexibility index (Phi) is 8.25. The minimum atomic E-state index is -2.08. The molecule has 0 aromatic heterocycles. The fourth-order valence-electron chi connectivity index (χ4n) is 0. The van der Waals surface area contributed by atoms with E-state index < -0.39 is 6.16 Å². The molecule has 0 aliphatic heterocycles. The fraction of sp³-hybridized carbons (Fsp3) is 0. The molecular weight excluding hydrogens is 100 g/mol. The molecule has 1 N–H and O–H groups in total. The van der Waals surface area contributed by atoms with Crippen LogP contribution in [-0.2, 0) is 0 Å². The molecule has 3 nitrogen and oxygen atoms in total. The summed E-state index contributed by atoms with van der Waals surface area (Å²) in [5.41, 5.74) is 0. The van der Waals surface area contributed by atoms with E-state index in [-0.39, 0.29) is 39.2 Å². The molecule has 0 heterocycles. The van der Waals surface area contributed by atoms with Gasteiger partial charge in [0.05, 0.1) is 0 Å². The van der Waals surface area contributed by atoms with Gasteiger partial charge in [-0.1, -0.05) is 0 Å². The Labute approximate surface area is 60.1 Å². The van der Waals surface area contributed by atoms with Crippen molar-refractivity contribution < 1.29 is 16.4 Å². The third-order valence-electron chi connectivity index (χ3n) is 0. The Bertz CT molecular complexity index is 33.8. The van der Waals surface area contributed by atoms with E-state index in [1.54, 1.807) is 0 Å². The largest absolute Gasteiger partial charge is 1.00 e. The average Bonchev–Trinajstić information content (AvgIpc) is 0.811. The summed E-state index contributed by atoms with van der Waals surface area (Å²) in [6.45, 7) is 0. The molecule has 0 aromatic rings. The summed E-state index contributed by atoms with van der Waals surface area (Å²) >= 11 is 0. The van der Waals surface area contributed by atoms with E-state index in [9.17, 15) is 0 Å². The molecule has 0 aromatic carbocycles. The molecule has 0 aliphatic carbocycles. The van der Waals surface area contributed by atoms with Crippen LogP contribution in [0.5, 0.6) is 0 Å². The second kappa shape index (κ2) is 4.53. The van der Waals surface area contributed by atoms with Crippen LogP contribution in [0.15, 0.2) is 0 Å². The molecule has 0 aliphatic rings. The van der Waals surface area contributed by atoms with Gasteiger partial charge in [0.15, 0.2) is 0 Å². The quantitative estimate of drug-likeness (QED) is 0.364. The molecule has 4 heteroatoms. The van der Waals surface area contributed by atoms with E-state index >= 15 is 0 Å². The number of hydrogen-bond acceptors (Lipinski definition) is 2. The van der Waals surface area contributed by atoms with Crippen molar-refractivity contribution in [1.82, 2.24) is 0 Å². The van der Waals surface area contributed by atoms with Gasteiger partial charge in [0, 0.05) is 0 Å². The zero-order valence-corrected chi connectivity index (χ0v) is 1.76. The molecule has 0 radical (unpaired) electrons. The molecule has 5 heavy (non-hydrogen) atoms. The first-order valence-corrected chi connectivity index (χ1v) is 0.632. The molecule has 0 rings (SSSR count). The SMILES string of the molecule is O=C([O-])O.[CaH2].[H+]. The van der Waals surface area contributed by atoms with E-state index in [2.05, 4.69) is 0 Å². The van der Waals surface area contributed by atoms with Crippen molar-refractivity contribution in [3.63, 3.8) is 0 Å². The molecule has 0 unspecified atom stereocenters. The van der Waals surface area contributed by atoms with Crippen LogP contribution in [0, 0.1) is 0 Å². The van der Waals surface area contributed by atoms with E-state index in [0.29, 0.717) is 0 Å². The Morgan fingerprint density at radius 3 is 2.00 bits per heavy atom. The summed E-state index contributed by atoms with van der Waals surface area (Å²) < 4.78 is 0. The summed E-state index contributed by atoms with van der Waals surface area (Å²) in [5.74, 6) is 0. The van der Waals surface area contributed by atoms with Crippen molar-refractivity contribution in [2.75, 3.05) is 0 Å². The maximum atomic E-state index is 8.44. The van der Waals surface area contributed by atoms with Gasteiger partial charge in [-0.2, -0.15) is 0 Å². The van der Waals surface area contributed by atoms with Crippen molar-refractivity contribution in [3.05, 3.63) is 0 Å². The summed E-state index contributed by atoms with van der Waals surface area (Å²) in [5, 5.41) is 15.3. The van der Waals surface area contributed by atoms with Crippen molar-refractivity contribution in [1.29, 1.82) is 0 Å². The third-order valence-corrected chi connectivity index (χ3v) is 0. The van der Waals surface area contributed by atoms with E-state index in [1.807, 2.05) is 0 Å². The number of carbonyl (C=O) groups is 1. The zero-order chi connectivity index (χ0) is 3.58. The van der Waals surface area contributed by atoms with Crippen molar-refractivity contribution in [3.8, 4) is 0 Å². The van der Waals surface area contributed by atoms with Crippen LogP contribution in [0.1, 0.15) is 1.43 Å². The van der Waals surface area contributed by atoms with Gasteiger partial charge in [0.25, 0.3) is 0 Å². The van der Waals surface area contributed by atoms with Gasteiger partial charge < -0.3 is 15.0 Å². The van der Waals surface area contributed by atoms with Crippen LogP contribution < -0.4 is 5.11 Å². The summed E-state index contributed by atoms with van der Waals surface area (Å²) in [6.07, 6.45) is -2.08. The van der Waals surface area contributed by atoms with Gasteiger partial charge in [0.1, 0.15) is 0 Å². The van der Waals surface area contributed by atoms with Crippen molar-refractivity contribution in [2.45, 2.75) is 0 Å². The smallest absolute Gasteiger partial charge is 1.00 e. The van der Waals surface area contributed by atoms with Crippen LogP contribution in [-0.4, -0.2) is 49.0 Å². The van der Waals surface area contributed by atoms with Gasteiger partial charge >= 0.3 is 39.2 Å². The van der Waals surface area contributed by atoms with Gasteiger partial charge in [-0.25, -0.2) is 0 Å². The van der Waals surface area contributed by atoms with Crippen LogP contribution in [0.3, 0.4) is 0 Å². The first-order valence-electron chi connectivity index (χ1n) is 0.632. The number of carboxylic acid groups (broad SMARTS) is 2. The second-order valence-corrected chi connectivity index (χ2v) is 0.266. The molecule has 0 saturated carbocycles. The Morgan fingerprint density at radius 1 is 2.00 bits per heavy atom. The summed E-state index contributed by atoms with van der Waals surface area (Å²) in [4.78, 5) is 8.44. The first kappa shape index (κ1) is 9.11. The van der Waals surface area contributed by atoms with E-state index in [0.717, 1.165) is 0 Å². The molecule has 0 bridgehead atoms. The normalized spacial score (nSPS) is 4.80. The van der Waals surface area contributed by atoms with Gasteiger partial charge in [-0.15, -0.1) is 0 Å².